The lowest BCUT2D eigenvalue weighted by Gasteiger charge is -2.20. The minimum Gasteiger partial charge on any atom is -0.252 e. The van der Waals surface area contributed by atoms with Gasteiger partial charge >= 0.3 is 0 Å². The highest BCUT2D eigenvalue weighted by atomic mass is 14.8. The molecule has 0 saturated carbocycles. The molecule has 0 spiro atoms. The van der Waals surface area contributed by atoms with Crippen LogP contribution in [0.5, 0.6) is 0 Å². The van der Waals surface area contributed by atoms with Crippen LogP contribution in [0.1, 0.15) is 52.7 Å². The summed E-state index contributed by atoms with van der Waals surface area (Å²) in [7, 11) is 0. The fourth-order valence-corrected chi connectivity index (χ4v) is 12.0. The Labute approximate surface area is 456 Å². The molecule has 0 radical (unpaired) electrons. The van der Waals surface area contributed by atoms with Crippen LogP contribution in [0.4, 0.5) is 0 Å². The van der Waals surface area contributed by atoms with Crippen molar-refractivity contribution in [2.45, 2.75) is 52.4 Å². The van der Waals surface area contributed by atoms with E-state index in [0.717, 1.165) is 54.8 Å². The first-order valence-corrected chi connectivity index (χ1v) is 27.3. The van der Waals surface area contributed by atoms with Gasteiger partial charge in [0, 0.05) is 23.2 Å². The fraction of sp³-hybridized carbons (Fsp3) is 0.105. The molecule has 0 unspecified atom stereocenters. The molecule has 0 aliphatic rings. The smallest absolute Gasteiger partial charge is 0.0971 e. The molecule has 0 aliphatic carbocycles. The summed E-state index contributed by atoms with van der Waals surface area (Å²) in [5.74, 6) is 0. The van der Waals surface area contributed by atoms with Gasteiger partial charge in [-0.05, 0) is 191 Å². The summed E-state index contributed by atoms with van der Waals surface area (Å²) >= 11 is 0. The zero-order valence-electron chi connectivity index (χ0n) is 45.0. The molecular formula is C76H58N2. The van der Waals surface area contributed by atoms with Gasteiger partial charge in [0.05, 0.1) is 11.0 Å². The Kier molecular flexibility index (Phi) is 11.0. The molecule has 0 N–H and O–H groups in total. The van der Waals surface area contributed by atoms with Crippen molar-refractivity contribution in [3.63, 3.8) is 0 Å². The van der Waals surface area contributed by atoms with E-state index in [-0.39, 0.29) is 10.8 Å². The number of hydrogen-bond donors (Lipinski definition) is 0. The van der Waals surface area contributed by atoms with E-state index in [4.69, 9.17) is 9.97 Å². The quantitative estimate of drug-likeness (QED) is 0.155. The van der Waals surface area contributed by atoms with Crippen LogP contribution >= 0.6 is 0 Å². The normalized spacial score (nSPS) is 12.2. The Morgan fingerprint density at radius 3 is 0.782 bits per heavy atom. The highest BCUT2D eigenvalue weighted by Gasteiger charge is 2.18. The predicted octanol–water partition coefficient (Wildman–Crippen LogP) is 21.1. The van der Waals surface area contributed by atoms with Crippen LogP contribution in [0.3, 0.4) is 0 Å². The first-order valence-electron chi connectivity index (χ1n) is 27.3. The number of aromatic nitrogens is 2. The molecule has 372 valence electrons. The third-order valence-electron chi connectivity index (χ3n) is 16.4. The predicted molar refractivity (Wildman–Crippen MR) is 335 cm³/mol. The summed E-state index contributed by atoms with van der Waals surface area (Å²) < 4.78 is 0. The molecule has 1 heterocycles. The average Bonchev–Trinajstić information content (AvgIpc) is 3.65. The number of nitrogens with zero attached hydrogens (tertiary/aromatic N) is 2. The summed E-state index contributed by atoms with van der Waals surface area (Å²) in [6.45, 7) is 13.7. The lowest BCUT2D eigenvalue weighted by Crippen LogP contribution is -2.10. The van der Waals surface area contributed by atoms with E-state index >= 15 is 0 Å². The maximum atomic E-state index is 4.92. The Morgan fingerprint density at radius 1 is 0.218 bits per heavy atom. The van der Waals surface area contributed by atoms with Crippen molar-refractivity contribution in [1.82, 2.24) is 9.97 Å². The molecule has 14 rings (SSSR count). The number of hydrogen-bond acceptors (Lipinski definition) is 2. The second kappa shape index (κ2) is 18.2. The number of rotatable bonds is 6. The minimum absolute atomic E-state index is 0.110. The monoisotopic (exact) mass is 998 g/mol. The molecule has 1 aromatic heterocycles. The van der Waals surface area contributed by atoms with E-state index in [0.29, 0.717) is 0 Å². The average molecular weight is 999 g/mol. The van der Waals surface area contributed by atoms with E-state index < -0.39 is 0 Å². The summed E-state index contributed by atoms with van der Waals surface area (Å²) in [6, 6.07) is 86.3. The minimum atomic E-state index is 0.110. The van der Waals surface area contributed by atoms with Gasteiger partial charge in [0.15, 0.2) is 0 Å². The topological polar surface area (TPSA) is 25.8 Å². The van der Waals surface area contributed by atoms with Crippen molar-refractivity contribution in [1.29, 1.82) is 0 Å². The van der Waals surface area contributed by atoms with Gasteiger partial charge in [-0.25, -0.2) is 0 Å². The van der Waals surface area contributed by atoms with E-state index in [1.54, 1.807) is 12.4 Å². The zero-order chi connectivity index (χ0) is 52.9. The van der Waals surface area contributed by atoms with Gasteiger partial charge in [-0.2, -0.15) is 0 Å². The van der Waals surface area contributed by atoms with E-state index in [1.807, 2.05) is 0 Å². The van der Waals surface area contributed by atoms with Gasteiger partial charge in [-0.1, -0.05) is 224 Å². The summed E-state index contributed by atoms with van der Waals surface area (Å²) in [6.07, 6.45) is 3.61. The van der Waals surface area contributed by atoms with Gasteiger partial charge in [0.2, 0.25) is 0 Å². The fourth-order valence-electron chi connectivity index (χ4n) is 12.0. The second-order valence-corrected chi connectivity index (χ2v) is 23.5. The molecule has 13 aromatic carbocycles. The van der Waals surface area contributed by atoms with Gasteiger partial charge < -0.3 is 0 Å². The van der Waals surface area contributed by atoms with Gasteiger partial charge in [0.25, 0.3) is 0 Å². The Balaban J connectivity index is 0.789. The van der Waals surface area contributed by atoms with Gasteiger partial charge in [0.1, 0.15) is 0 Å². The molecule has 2 heteroatoms. The molecule has 2 nitrogen and oxygen atoms in total. The van der Waals surface area contributed by atoms with E-state index in [1.165, 1.54) is 98.7 Å². The zero-order valence-corrected chi connectivity index (χ0v) is 45.0. The third kappa shape index (κ3) is 8.37. The molecule has 0 aliphatic heterocycles. The molecule has 0 amide bonds. The molecule has 0 fully saturated rings. The van der Waals surface area contributed by atoms with E-state index in [2.05, 4.69) is 272 Å². The summed E-state index contributed by atoms with van der Waals surface area (Å²) in [4.78, 5) is 9.84. The van der Waals surface area contributed by atoms with Crippen LogP contribution in [-0.2, 0) is 10.8 Å². The van der Waals surface area contributed by atoms with Crippen LogP contribution in [-0.4, -0.2) is 9.97 Å². The van der Waals surface area contributed by atoms with Gasteiger partial charge in [-0.3, -0.25) is 9.97 Å². The summed E-state index contributed by atoms with van der Waals surface area (Å²) in [5, 5.41) is 14.7. The maximum Gasteiger partial charge on any atom is 0.0971 e. The highest BCUT2D eigenvalue weighted by molar-refractivity contribution is 6.24. The molecule has 0 atom stereocenters. The largest absolute Gasteiger partial charge is 0.252 e. The van der Waals surface area contributed by atoms with Crippen LogP contribution < -0.4 is 0 Å². The first kappa shape index (κ1) is 47.2. The Bertz CT molecular complexity index is 4450. The molecular weight excluding hydrogens is 941 g/mol. The standard InChI is InChI=1S/C76H58N2/c1-75(2,3)63-27-33-67-61(43-63)21-19-59-41-55(23-29-65(59)67)51-15-7-11-47(37-51)49-13-9-17-53(39-49)57-25-31-69-71(45-57)72-46-58(26-32-70(72)74-73(69)77-35-36-78-74)54-18-10-14-50(40-54)48-12-8-16-52(38-48)56-24-30-66-60(42-56)20-22-62-44-64(76(4,5)6)28-34-68(62)66/h7-46H,1-6H3. The van der Waals surface area contributed by atoms with Crippen LogP contribution in [0.15, 0.2) is 243 Å². The second-order valence-electron chi connectivity index (χ2n) is 23.5. The lowest BCUT2D eigenvalue weighted by molar-refractivity contribution is 0.591. The maximum absolute atomic E-state index is 4.92. The summed E-state index contributed by atoms with van der Waals surface area (Å²) in [5.41, 5.74) is 19.0. The van der Waals surface area contributed by atoms with Crippen LogP contribution in [0, 0.1) is 0 Å². The van der Waals surface area contributed by atoms with Crippen molar-refractivity contribution in [3.8, 4) is 66.8 Å². The van der Waals surface area contributed by atoms with Crippen molar-refractivity contribution < 1.29 is 0 Å². The Morgan fingerprint density at radius 2 is 0.474 bits per heavy atom. The molecule has 0 bridgehead atoms. The first-order chi connectivity index (χ1) is 37.9. The van der Waals surface area contributed by atoms with Crippen LogP contribution in [0.2, 0.25) is 0 Å². The van der Waals surface area contributed by atoms with E-state index in [9.17, 15) is 0 Å². The molecule has 78 heavy (non-hydrogen) atoms. The lowest BCUT2D eigenvalue weighted by atomic mass is 9.85. The van der Waals surface area contributed by atoms with Crippen LogP contribution in [0.25, 0.3) is 142 Å². The number of fused-ring (bicyclic) bond motifs is 12. The van der Waals surface area contributed by atoms with Crippen molar-refractivity contribution >= 4 is 75.7 Å². The SMILES string of the molecule is CC(C)(C)c1ccc2c(ccc3cc(-c4cccc(-c5cccc(-c6ccc7c(c6)c6cc(-c8cccc(-c9cccc(-c%10ccc%11c(ccc%12cc(C(C)(C)C)ccc%12%11)c%10)c9)c8)ccc6c6nccnc76)c5)c4)ccc32)c1. The number of benzene rings is 13. The van der Waals surface area contributed by atoms with Crippen molar-refractivity contribution in [2.75, 3.05) is 0 Å². The third-order valence-corrected chi connectivity index (χ3v) is 16.4. The van der Waals surface area contributed by atoms with Crippen molar-refractivity contribution in [2.24, 2.45) is 0 Å². The van der Waals surface area contributed by atoms with Crippen molar-refractivity contribution in [3.05, 3.63) is 254 Å². The molecule has 14 aromatic rings. The Hall–Kier alpha value is -9.24. The molecule has 0 saturated heterocycles. The van der Waals surface area contributed by atoms with Gasteiger partial charge in [-0.15, -0.1) is 0 Å². The highest BCUT2D eigenvalue weighted by Crippen LogP contribution is 2.41.